The highest BCUT2D eigenvalue weighted by atomic mass is 16.6. The Kier molecular flexibility index (Phi) is 16.4. The van der Waals surface area contributed by atoms with Gasteiger partial charge in [0.1, 0.15) is 12.1 Å². The first-order valence-corrected chi connectivity index (χ1v) is 20.1. The number of nitrogens with zero attached hydrogens (tertiary/aromatic N) is 1. The molecule has 0 aromatic heterocycles. The predicted molar refractivity (Wildman–Crippen MR) is 208 cm³/mol. The summed E-state index contributed by atoms with van der Waals surface area (Å²) in [6.45, 7) is 6.58. The molecule has 17 nitrogen and oxygen atoms in total. The Morgan fingerprint density at radius 1 is 0.948 bits per heavy atom. The van der Waals surface area contributed by atoms with Crippen LogP contribution in [0.5, 0.6) is 0 Å². The molecule has 3 unspecified atom stereocenters. The van der Waals surface area contributed by atoms with Gasteiger partial charge in [-0.25, -0.2) is 4.79 Å². The molecule has 1 saturated heterocycles. The van der Waals surface area contributed by atoms with Crippen LogP contribution in [0.3, 0.4) is 0 Å². The number of carbonyl (C=O) groups excluding carboxylic acids is 5. The molecule has 1 aromatic rings. The minimum atomic E-state index is -1.11. The standard InChI is InChI=1S/C41H56N4O13/c1-24-20-26-7-6-25(2)29(9-8-27(46)22-28(47)23-35(49)50)36(26)33(21-24)58-41(54)43-13-15-56-17-19-57-18-16-55-14-12-42-31-5-3-4-30-37(31)40(53)45(39(30)52)32-10-11-34(48)44-38(32)51/h3-7,20,24-25,27-29,32-33,36,42,46-47H,8-19,21-23H2,1-2H3,(H,43,54)(H,49,50)(H,44,48,51)/t24-,25-,27?,28?,29-,32?,33-,36-/m0/s1. The number of anilines is 1. The third-order valence-corrected chi connectivity index (χ3v) is 10.9. The maximum Gasteiger partial charge on any atom is 0.407 e. The van der Waals surface area contributed by atoms with Crippen molar-refractivity contribution in [2.45, 2.75) is 83.1 Å². The highest BCUT2D eigenvalue weighted by Crippen LogP contribution is 2.45. The largest absolute Gasteiger partial charge is 0.481 e. The number of aliphatic hydroxyl groups is 2. The maximum atomic E-state index is 13.2. The van der Waals surface area contributed by atoms with Gasteiger partial charge in [-0.1, -0.05) is 38.1 Å². The number of amides is 5. The van der Waals surface area contributed by atoms with Crippen molar-refractivity contribution in [3.8, 4) is 0 Å². The second-order valence-electron chi connectivity index (χ2n) is 15.3. The summed E-state index contributed by atoms with van der Waals surface area (Å²) in [5.41, 5.74) is 1.94. The number of carbonyl (C=O) groups is 6. The first-order valence-electron chi connectivity index (χ1n) is 20.1. The van der Waals surface area contributed by atoms with E-state index in [0.717, 1.165) is 10.5 Å². The lowest BCUT2D eigenvalue weighted by molar-refractivity contribution is -0.140. The molecular formula is C41H56N4O13. The SMILES string of the molecule is C[C@H]1C=C2C=C[C@H](C)[C@H](CCC(O)CC(O)CC(=O)O)[C@H]2[C@@H](OC(=O)NCCOCCOCCOCCNc2cccc3c2C(=O)N(C2CCC(=O)NC2=O)C3=O)C1. The molecule has 318 valence electrons. The van der Waals surface area contributed by atoms with E-state index in [2.05, 4.69) is 48.0 Å². The van der Waals surface area contributed by atoms with E-state index < -0.39 is 60.4 Å². The predicted octanol–water partition coefficient (Wildman–Crippen LogP) is 2.42. The van der Waals surface area contributed by atoms with Gasteiger partial charge < -0.3 is 44.9 Å². The van der Waals surface area contributed by atoms with Crippen LogP contribution in [0.1, 0.15) is 79.5 Å². The number of ether oxygens (including phenoxy) is 4. The van der Waals surface area contributed by atoms with Crippen LogP contribution in [0.2, 0.25) is 0 Å². The van der Waals surface area contributed by atoms with Crippen molar-refractivity contribution in [1.82, 2.24) is 15.5 Å². The number of aliphatic carboxylic acids is 1. The van der Waals surface area contributed by atoms with Crippen molar-refractivity contribution in [3.05, 3.63) is 53.1 Å². The van der Waals surface area contributed by atoms with Gasteiger partial charge in [0.05, 0.1) is 69.4 Å². The van der Waals surface area contributed by atoms with Gasteiger partial charge in [-0.05, 0) is 67.6 Å². The van der Waals surface area contributed by atoms with Crippen molar-refractivity contribution < 1.29 is 63.0 Å². The number of imide groups is 2. The Morgan fingerprint density at radius 2 is 1.66 bits per heavy atom. The van der Waals surface area contributed by atoms with E-state index in [1.54, 1.807) is 12.1 Å². The Balaban J connectivity index is 0.926. The van der Waals surface area contributed by atoms with Crippen LogP contribution < -0.4 is 16.0 Å². The fourth-order valence-corrected chi connectivity index (χ4v) is 8.19. The average Bonchev–Trinajstić information content (AvgIpc) is 3.41. The molecule has 0 saturated carbocycles. The lowest BCUT2D eigenvalue weighted by atomic mass is 9.65. The molecule has 1 aromatic carbocycles. The Morgan fingerprint density at radius 3 is 2.36 bits per heavy atom. The second-order valence-corrected chi connectivity index (χ2v) is 15.3. The van der Waals surface area contributed by atoms with E-state index in [4.69, 9.17) is 24.1 Å². The van der Waals surface area contributed by atoms with Gasteiger partial charge >= 0.3 is 12.1 Å². The molecule has 6 N–H and O–H groups in total. The molecule has 0 radical (unpaired) electrons. The molecule has 0 bridgehead atoms. The molecule has 0 spiro atoms. The molecule has 2 aliphatic carbocycles. The third-order valence-electron chi connectivity index (χ3n) is 10.9. The van der Waals surface area contributed by atoms with Crippen LogP contribution in [0.15, 0.2) is 42.0 Å². The van der Waals surface area contributed by atoms with E-state index in [-0.39, 0.29) is 73.3 Å². The van der Waals surface area contributed by atoms with E-state index in [9.17, 15) is 39.0 Å². The van der Waals surface area contributed by atoms with E-state index in [1.807, 2.05) is 0 Å². The minimum absolute atomic E-state index is 0.00953. The van der Waals surface area contributed by atoms with Crippen LogP contribution in [0.25, 0.3) is 0 Å². The van der Waals surface area contributed by atoms with Gasteiger partial charge in [-0.2, -0.15) is 0 Å². The molecule has 2 aliphatic heterocycles. The van der Waals surface area contributed by atoms with Gasteiger partial charge in [-0.15, -0.1) is 0 Å². The highest BCUT2D eigenvalue weighted by molar-refractivity contribution is 6.25. The van der Waals surface area contributed by atoms with Crippen molar-refractivity contribution in [2.24, 2.45) is 23.7 Å². The first kappa shape index (κ1) is 44.4. The summed E-state index contributed by atoms with van der Waals surface area (Å²) in [6.07, 6.45) is 4.98. The van der Waals surface area contributed by atoms with Crippen molar-refractivity contribution in [3.63, 3.8) is 0 Å². The number of hydrogen-bond donors (Lipinski definition) is 6. The maximum absolute atomic E-state index is 13.2. The third kappa shape index (κ3) is 11.9. The van der Waals surface area contributed by atoms with Gasteiger partial charge in [0.25, 0.3) is 11.8 Å². The lowest BCUT2D eigenvalue weighted by Crippen LogP contribution is -2.54. The van der Waals surface area contributed by atoms with Crippen LogP contribution in [-0.2, 0) is 33.3 Å². The number of aliphatic hydroxyl groups excluding tert-OH is 2. The number of allylic oxidation sites excluding steroid dienone is 3. The molecule has 58 heavy (non-hydrogen) atoms. The van der Waals surface area contributed by atoms with Gasteiger partial charge in [0, 0.05) is 31.1 Å². The van der Waals surface area contributed by atoms with E-state index in [0.29, 0.717) is 64.5 Å². The number of nitrogens with one attached hydrogen (secondary N) is 3. The van der Waals surface area contributed by atoms with Gasteiger partial charge in [0.15, 0.2) is 0 Å². The van der Waals surface area contributed by atoms with Gasteiger partial charge in [0.2, 0.25) is 11.8 Å². The smallest absolute Gasteiger partial charge is 0.407 e. The minimum Gasteiger partial charge on any atom is -0.481 e. The molecule has 5 amide bonds. The summed E-state index contributed by atoms with van der Waals surface area (Å²) in [6, 6.07) is 3.82. The molecule has 8 atom stereocenters. The summed E-state index contributed by atoms with van der Waals surface area (Å²) in [5, 5.41) is 37.4. The van der Waals surface area contributed by atoms with Crippen molar-refractivity contribution in [1.29, 1.82) is 0 Å². The summed E-state index contributed by atoms with van der Waals surface area (Å²) >= 11 is 0. The zero-order valence-corrected chi connectivity index (χ0v) is 33.1. The lowest BCUT2D eigenvalue weighted by Gasteiger charge is -2.43. The Labute approximate surface area is 337 Å². The van der Waals surface area contributed by atoms with E-state index >= 15 is 0 Å². The molecule has 5 rings (SSSR count). The molecule has 17 heteroatoms. The van der Waals surface area contributed by atoms with Crippen LogP contribution in [-0.4, -0.2) is 133 Å². The van der Waals surface area contributed by atoms with Crippen LogP contribution >= 0.6 is 0 Å². The number of rotatable bonds is 22. The number of carboxylic acids is 1. The van der Waals surface area contributed by atoms with Crippen LogP contribution in [0.4, 0.5) is 10.5 Å². The molecule has 4 aliphatic rings. The molecule has 2 heterocycles. The fraction of sp³-hybridized carbons (Fsp3) is 0.610. The normalized spacial score (nSPS) is 25.0. The number of alkyl carbamates (subject to hydrolysis) is 1. The second kappa shape index (κ2) is 21.4. The monoisotopic (exact) mass is 812 g/mol. The molecule has 1 fully saturated rings. The summed E-state index contributed by atoms with van der Waals surface area (Å²) in [4.78, 5) is 74.8. The summed E-state index contributed by atoms with van der Waals surface area (Å²) < 4.78 is 22.7. The Bertz CT molecular complexity index is 1720. The van der Waals surface area contributed by atoms with E-state index in [1.165, 1.54) is 6.07 Å². The van der Waals surface area contributed by atoms with Crippen molar-refractivity contribution in [2.75, 3.05) is 58.0 Å². The van der Waals surface area contributed by atoms with Crippen molar-refractivity contribution >= 4 is 41.4 Å². The summed E-state index contributed by atoms with van der Waals surface area (Å²) in [5.74, 6) is -2.93. The number of carboxylic acid groups (broad SMARTS) is 1. The average molecular weight is 813 g/mol. The zero-order chi connectivity index (χ0) is 41.8. The number of fused-ring (bicyclic) bond motifs is 2. The van der Waals surface area contributed by atoms with Crippen LogP contribution in [0, 0.1) is 23.7 Å². The Hall–Kier alpha value is -4.68. The quantitative estimate of drug-likeness (QED) is 0.0729. The first-order chi connectivity index (χ1) is 27.8. The number of benzene rings is 1. The number of hydrogen-bond acceptors (Lipinski definition) is 13. The van der Waals surface area contributed by atoms with Gasteiger partial charge in [-0.3, -0.25) is 34.2 Å². The number of piperidine rings is 1. The molecular weight excluding hydrogens is 756 g/mol. The fourth-order valence-electron chi connectivity index (χ4n) is 8.19. The zero-order valence-electron chi connectivity index (χ0n) is 33.1. The topological polar surface area (TPSA) is 239 Å². The summed E-state index contributed by atoms with van der Waals surface area (Å²) in [7, 11) is 0. The highest BCUT2D eigenvalue weighted by Gasteiger charge is 2.46.